The second-order valence-corrected chi connectivity index (χ2v) is 6.91. The quantitative estimate of drug-likeness (QED) is 0.372. The number of ether oxygens (including phenoxy) is 1. The van der Waals surface area contributed by atoms with E-state index in [0.717, 1.165) is 31.0 Å². The molecule has 2 aromatic heterocycles. The Hall–Kier alpha value is -3.46. The molecule has 1 fully saturated rings. The summed E-state index contributed by atoms with van der Waals surface area (Å²) in [5.41, 5.74) is 2.69. The van der Waals surface area contributed by atoms with Crippen LogP contribution in [0.1, 0.15) is 16.1 Å². The summed E-state index contributed by atoms with van der Waals surface area (Å²) in [4.78, 5) is 31.7. The smallest absolute Gasteiger partial charge is 0.340 e. The summed E-state index contributed by atoms with van der Waals surface area (Å²) >= 11 is 0. The van der Waals surface area contributed by atoms with Crippen molar-refractivity contribution in [3.63, 3.8) is 0 Å². The molecule has 0 bridgehead atoms. The van der Waals surface area contributed by atoms with Crippen LogP contribution in [0, 0.1) is 10.1 Å². The van der Waals surface area contributed by atoms with Gasteiger partial charge in [0.05, 0.1) is 29.0 Å². The number of hydrogen-bond donors (Lipinski definition) is 0. The van der Waals surface area contributed by atoms with Crippen LogP contribution in [0.25, 0.3) is 5.65 Å². The molecule has 1 aliphatic rings. The number of anilines is 1. The van der Waals surface area contributed by atoms with E-state index in [1.807, 2.05) is 35.0 Å². The lowest BCUT2D eigenvalue weighted by atomic mass is 10.1. The van der Waals surface area contributed by atoms with Crippen LogP contribution >= 0.6 is 0 Å². The van der Waals surface area contributed by atoms with Crippen molar-refractivity contribution < 1.29 is 14.5 Å². The van der Waals surface area contributed by atoms with Crippen LogP contribution in [-0.2, 0) is 11.3 Å². The number of methoxy groups -OCH3 is 1. The number of piperazine rings is 1. The minimum Gasteiger partial charge on any atom is -0.465 e. The molecular formula is C20H21N5O4. The number of hydrogen-bond acceptors (Lipinski definition) is 7. The van der Waals surface area contributed by atoms with Crippen LogP contribution in [0.4, 0.5) is 11.4 Å². The predicted octanol–water partition coefficient (Wildman–Crippen LogP) is 2.35. The number of carbonyl (C=O) groups excluding carboxylic acids is 1. The van der Waals surface area contributed by atoms with Crippen LogP contribution in [0.15, 0.2) is 48.8 Å². The Morgan fingerprint density at radius 2 is 2.00 bits per heavy atom. The maximum absolute atomic E-state index is 12.1. The molecule has 0 amide bonds. The van der Waals surface area contributed by atoms with E-state index in [2.05, 4.69) is 14.8 Å². The average Bonchev–Trinajstić information content (AvgIpc) is 3.15. The van der Waals surface area contributed by atoms with Gasteiger partial charge in [0.2, 0.25) is 0 Å². The summed E-state index contributed by atoms with van der Waals surface area (Å²) in [5, 5.41) is 11.1. The highest BCUT2D eigenvalue weighted by molar-refractivity contribution is 5.96. The number of esters is 1. The van der Waals surface area contributed by atoms with Gasteiger partial charge < -0.3 is 14.0 Å². The molecule has 0 spiro atoms. The number of nitrogens with zero attached hydrogens (tertiary/aromatic N) is 5. The molecule has 29 heavy (non-hydrogen) atoms. The second kappa shape index (κ2) is 7.88. The Morgan fingerprint density at radius 3 is 2.69 bits per heavy atom. The number of fused-ring (bicyclic) bond motifs is 1. The van der Waals surface area contributed by atoms with Gasteiger partial charge in [-0.05, 0) is 18.2 Å². The molecule has 0 N–H and O–H groups in total. The largest absolute Gasteiger partial charge is 0.465 e. The minimum atomic E-state index is -0.573. The monoisotopic (exact) mass is 395 g/mol. The number of rotatable bonds is 5. The molecular weight excluding hydrogens is 374 g/mol. The average molecular weight is 395 g/mol. The number of nitro benzene ring substituents is 1. The van der Waals surface area contributed by atoms with Gasteiger partial charge in [-0.25, -0.2) is 9.78 Å². The van der Waals surface area contributed by atoms with Crippen LogP contribution in [0.2, 0.25) is 0 Å². The molecule has 0 saturated carbocycles. The summed E-state index contributed by atoms with van der Waals surface area (Å²) in [6, 6.07) is 10.2. The van der Waals surface area contributed by atoms with E-state index in [9.17, 15) is 14.9 Å². The molecule has 0 unspecified atom stereocenters. The van der Waals surface area contributed by atoms with E-state index >= 15 is 0 Å². The van der Waals surface area contributed by atoms with E-state index < -0.39 is 10.9 Å². The number of imidazole rings is 1. The zero-order chi connectivity index (χ0) is 20.4. The zero-order valence-corrected chi connectivity index (χ0v) is 16.0. The number of pyridine rings is 1. The van der Waals surface area contributed by atoms with Gasteiger partial charge in [0.25, 0.3) is 5.69 Å². The summed E-state index contributed by atoms with van der Waals surface area (Å²) in [5.74, 6) is -0.573. The molecule has 9 heteroatoms. The van der Waals surface area contributed by atoms with Gasteiger partial charge in [-0.3, -0.25) is 15.0 Å². The molecule has 1 aromatic carbocycles. The van der Waals surface area contributed by atoms with Crippen LogP contribution < -0.4 is 4.90 Å². The Bertz CT molecular complexity index is 1020. The molecule has 0 aliphatic carbocycles. The summed E-state index contributed by atoms with van der Waals surface area (Å²) < 4.78 is 6.83. The van der Waals surface area contributed by atoms with Crippen molar-refractivity contribution in [2.75, 3.05) is 38.2 Å². The van der Waals surface area contributed by atoms with Crippen molar-refractivity contribution in [3.8, 4) is 0 Å². The Labute approximate surface area is 167 Å². The van der Waals surface area contributed by atoms with Gasteiger partial charge in [-0.15, -0.1) is 0 Å². The number of carbonyl (C=O) groups is 1. The first-order valence-corrected chi connectivity index (χ1v) is 9.32. The normalized spacial score (nSPS) is 14.9. The molecule has 3 heterocycles. The third-order valence-electron chi connectivity index (χ3n) is 5.11. The molecule has 3 aromatic rings. The Balaban J connectivity index is 1.46. The van der Waals surface area contributed by atoms with Gasteiger partial charge >= 0.3 is 5.97 Å². The summed E-state index contributed by atoms with van der Waals surface area (Å²) in [6.07, 6.45) is 4.01. The fourth-order valence-corrected chi connectivity index (χ4v) is 3.63. The first kappa shape index (κ1) is 18.9. The predicted molar refractivity (Wildman–Crippen MR) is 107 cm³/mol. The Morgan fingerprint density at radius 1 is 1.21 bits per heavy atom. The highest BCUT2D eigenvalue weighted by Gasteiger charge is 2.24. The van der Waals surface area contributed by atoms with E-state index in [1.54, 1.807) is 6.07 Å². The van der Waals surface area contributed by atoms with Gasteiger partial charge in [0, 0.05) is 57.3 Å². The maximum Gasteiger partial charge on any atom is 0.340 e. The van der Waals surface area contributed by atoms with Crippen LogP contribution in [0.3, 0.4) is 0 Å². The first-order chi connectivity index (χ1) is 14.0. The van der Waals surface area contributed by atoms with Gasteiger partial charge in [-0.2, -0.15) is 0 Å². The van der Waals surface area contributed by atoms with Crippen molar-refractivity contribution in [1.29, 1.82) is 0 Å². The highest BCUT2D eigenvalue weighted by Crippen LogP contribution is 2.27. The van der Waals surface area contributed by atoms with Crippen molar-refractivity contribution >= 4 is 23.0 Å². The molecule has 0 radical (unpaired) electrons. The lowest BCUT2D eigenvalue weighted by Gasteiger charge is -2.36. The molecule has 9 nitrogen and oxygen atoms in total. The fraction of sp³-hybridized carbons (Fsp3) is 0.300. The van der Waals surface area contributed by atoms with Crippen LogP contribution in [-0.4, -0.2) is 58.5 Å². The van der Waals surface area contributed by atoms with Crippen molar-refractivity contribution in [2.45, 2.75) is 6.54 Å². The van der Waals surface area contributed by atoms with Gasteiger partial charge in [0.1, 0.15) is 5.65 Å². The minimum absolute atomic E-state index is 0.125. The van der Waals surface area contributed by atoms with E-state index in [0.29, 0.717) is 18.8 Å². The van der Waals surface area contributed by atoms with Crippen LogP contribution in [0.5, 0.6) is 0 Å². The number of benzene rings is 1. The summed E-state index contributed by atoms with van der Waals surface area (Å²) in [6.45, 7) is 3.75. The van der Waals surface area contributed by atoms with Gasteiger partial charge in [0.15, 0.2) is 0 Å². The van der Waals surface area contributed by atoms with Crippen molar-refractivity contribution in [2.24, 2.45) is 0 Å². The fourth-order valence-electron chi connectivity index (χ4n) is 3.63. The summed E-state index contributed by atoms with van der Waals surface area (Å²) in [7, 11) is 1.28. The van der Waals surface area contributed by atoms with Crippen molar-refractivity contribution in [3.05, 3.63) is 70.2 Å². The number of aromatic nitrogens is 2. The molecule has 1 aliphatic heterocycles. The number of non-ortho nitro benzene ring substituents is 1. The molecule has 4 rings (SSSR count). The standard InChI is InChI=1S/C20H21N5O4/c1-29-20(26)17-12-16(25(27)28)5-6-18(17)23-10-8-22(9-11-23)13-15-14-24-7-3-2-4-19(24)21-15/h2-7,12,14H,8-11,13H2,1H3. The topological polar surface area (TPSA) is 93.2 Å². The third kappa shape index (κ3) is 3.90. The highest BCUT2D eigenvalue weighted by atomic mass is 16.6. The number of nitro groups is 1. The maximum atomic E-state index is 12.1. The second-order valence-electron chi connectivity index (χ2n) is 6.91. The van der Waals surface area contributed by atoms with E-state index in [1.165, 1.54) is 19.2 Å². The first-order valence-electron chi connectivity index (χ1n) is 9.32. The van der Waals surface area contributed by atoms with E-state index in [-0.39, 0.29) is 11.3 Å². The molecule has 0 atom stereocenters. The van der Waals surface area contributed by atoms with Gasteiger partial charge in [-0.1, -0.05) is 6.07 Å². The lowest BCUT2D eigenvalue weighted by Crippen LogP contribution is -2.46. The SMILES string of the molecule is COC(=O)c1cc([N+](=O)[O-])ccc1N1CCN(Cc2cn3ccccc3n2)CC1. The van der Waals surface area contributed by atoms with E-state index in [4.69, 9.17) is 4.74 Å². The third-order valence-corrected chi connectivity index (χ3v) is 5.11. The lowest BCUT2D eigenvalue weighted by molar-refractivity contribution is -0.384. The Kier molecular flexibility index (Phi) is 5.13. The van der Waals surface area contributed by atoms with Crippen molar-refractivity contribution in [1.82, 2.24) is 14.3 Å². The zero-order valence-electron chi connectivity index (χ0n) is 16.0. The molecule has 150 valence electrons. The molecule has 1 saturated heterocycles.